The number of anilines is 1. The van der Waals surface area contributed by atoms with E-state index in [1.54, 1.807) is 31.2 Å². The first-order valence-corrected chi connectivity index (χ1v) is 9.59. The molecular weight excluding hydrogens is 358 g/mol. The van der Waals surface area contributed by atoms with Crippen LogP contribution in [0.15, 0.2) is 41.3 Å². The molecule has 7 nitrogen and oxygen atoms in total. The molecule has 2 aromatic rings. The van der Waals surface area contributed by atoms with Crippen molar-refractivity contribution in [1.82, 2.24) is 0 Å². The van der Waals surface area contributed by atoms with Crippen molar-refractivity contribution in [3.05, 3.63) is 36.4 Å². The lowest BCUT2D eigenvalue weighted by Gasteiger charge is -2.26. The second kappa shape index (κ2) is 7.33. The van der Waals surface area contributed by atoms with E-state index in [1.165, 1.54) is 30.7 Å². The molecule has 0 radical (unpaired) electrons. The monoisotopic (exact) mass is 379 g/mol. The fraction of sp³-hybridized carbons (Fsp3) is 0.333. The van der Waals surface area contributed by atoms with Gasteiger partial charge in [-0.3, -0.25) is 4.31 Å². The quantitative estimate of drug-likeness (QED) is 0.768. The molecule has 140 valence electrons. The van der Waals surface area contributed by atoms with Gasteiger partial charge in [-0.25, -0.2) is 8.42 Å². The molecule has 2 aromatic carbocycles. The Morgan fingerprint density at radius 1 is 1.00 bits per heavy atom. The predicted octanol–water partition coefficient (Wildman–Crippen LogP) is 2.69. The van der Waals surface area contributed by atoms with Crippen LogP contribution in [-0.4, -0.2) is 42.4 Å². The van der Waals surface area contributed by atoms with Crippen LogP contribution in [-0.2, 0) is 10.0 Å². The van der Waals surface area contributed by atoms with Gasteiger partial charge in [-0.15, -0.1) is 0 Å². The Balaban J connectivity index is 2.04. The summed E-state index contributed by atoms with van der Waals surface area (Å²) in [5.41, 5.74) is 0.436. The zero-order valence-corrected chi connectivity index (χ0v) is 15.7. The summed E-state index contributed by atoms with van der Waals surface area (Å²) in [5, 5.41) is 0. The van der Waals surface area contributed by atoms with Gasteiger partial charge in [-0.1, -0.05) is 0 Å². The summed E-state index contributed by atoms with van der Waals surface area (Å²) in [6.07, 6.45) is 0. The average Bonchev–Trinajstić information content (AvgIpc) is 2.68. The highest BCUT2D eigenvalue weighted by atomic mass is 32.2. The molecule has 0 saturated carbocycles. The molecule has 8 heteroatoms. The number of ether oxygens (including phenoxy) is 4. The molecule has 1 aliphatic rings. The minimum absolute atomic E-state index is 0.126. The summed E-state index contributed by atoms with van der Waals surface area (Å²) >= 11 is 0. The van der Waals surface area contributed by atoms with E-state index in [1.807, 2.05) is 0 Å². The smallest absolute Gasteiger partial charge is 0.264 e. The lowest BCUT2D eigenvalue weighted by molar-refractivity contribution is 0.171. The van der Waals surface area contributed by atoms with Crippen molar-refractivity contribution in [2.75, 3.05) is 38.3 Å². The van der Waals surface area contributed by atoms with E-state index in [0.717, 1.165) is 0 Å². The fourth-order valence-electron chi connectivity index (χ4n) is 2.77. The van der Waals surface area contributed by atoms with Gasteiger partial charge in [0.25, 0.3) is 10.0 Å². The SMILES string of the molecule is CCN(c1ccc(OC)cc1OC)S(=O)(=O)c1ccc2c(c1)OCCO2. The molecule has 0 unspecified atom stereocenters. The van der Waals surface area contributed by atoms with E-state index in [4.69, 9.17) is 18.9 Å². The van der Waals surface area contributed by atoms with Gasteiger partial charge in [0.1, 0.15) is 24.7 Å². The Hall–Kier alpha value is -2.61. The number of methoxy groups -OCH3 is 2. The molecule has 3 rings (SSSR count). The fourth-order valence-corrected chi connectivity index (χ4v) is 4.27. The van der Waals surface area contributed by atoms with Crippen LogP contribution in [0.1, 0.15) is 6.92 Å². The third kappa shape index (κ3) is 3.24. The second-order valence-electron chi connectivity index (χ2n) is 5.51. The van der Waals surface area contributed by atoms with Crippen molar-refractivity contribution >= 4 is 15.7 Å². The van der Waals surface area contributed by atoms with Crippen LogP contribution in [0.2, 0.25) is 0 Å². The number of sulfonamides is 1. The molecule has 1 aliphatic heterocycles. The van der Waals surface area contributed by atoms with Crippen molar-refractivity contribution in [3.63, 3.8) is 0 Å². The van der Waals surface area contributed by atoms with Crippen LogP contribution < -0.4 is 23.3 Å². The van der Waals surface area contributed by atoms with Crippen molar-refractivity contribution in [1.29, 1.82) is 0 Å². The minimum atomic E-state index is -3.81. The lowest BCUT2D eigenvalue weighted by Crippen LogP contribution is -2.31. The van der Waals surface area contributed by atoms with Crippen LogP contribution in [0.4, 0.5) is 5.69 Å². The number of nitrogens with zero attached hydrogens (tertiary/aromatic N) is 1. The molecule has 0 N–H and O–H groups in total. The maximum Gasteiger partial charge on any atom is 0.264 e. The topological polar surface area (TPSA) is 74.3 Å². The van der Waals surface area contributed by atoms with E-state index in [9.17, 15) is 8.42 Å². The Bertz CT molecular complexity index is 897. The summed E-state index contributed by atoms with van der Waals surface area (Å²) in [5.74, 6) is 1.96. The number of fused-ring (bicyclic) bond motifs is 1. The molecule has 0 saturated heterocycles. The van der Waals surface area contributed by atoms with E-state index in [-0.39, 0.29) is 11.4 Å². The highest BCUT2D eigenvalue weighted by Crippen LogP contribution is 2.37. The Morgan fingerprint density at radius 2 is 1.73 bits per heavy atom. The van der Waals surface area contributed by atoms with Crippen molar-refractivity contribution < 1.29 is 27.4 Å². The lowest BCUT2D eigenvalue weighted by atomic mass is 10.2. The van der Waals surface area contributed by atoms with Gasteiger partial charge in [0.2, 0.25) is 0 Å². The van der Waals surface area contributed by atoms with Gasteiger partial charge in [-0.05, 0) is 31.2 Å². The predicted molar refractivity (Wildman–Crippen MR) is 97.2 cm³/mol. The van der Waals surface area contributed by atoms with Gasteiger partial charge in [0.05, 0.1) is 24.8 Å². The van der Waals surface area contributed by atoms with Crippen molar-refractivity contribution in [2.45, 2.75) is 11.8 Å². The van der Waals surface area contributed by atoms with Gasteiger partial charge < -0.3 is 18.9 Å². The molecule has 0 fully saturated rings. The largest absolute Gasteiger partial charge is 0.497 e. The number of hydrogen-bond donors (Lipinski definition) is 0. The third-order valence-corrected chi connectivity index (χ3v) is 5.93. The van der Waals surface area contributed by atoms with Crippen molar-refractivity contribution in [3.8, 4) is 23.0 Å². The first kappa shape index (κ1) is 18.2. The first-order valence-electron chi connectivity index (χ1n) is 8.15. The first-order chi connectivity index (χ1) is 12.5. The highest BCUT2D eigenvalue weighted by molar-refractivity contribution is 7.92. The summed E-state index contributed by atoms with van der Waals surface area (Å²) in [7, 11) is -0.784. The Morgan fingerprint density at radius 3 is 2.38 bits per heavy atom. The zero-order valence-electron chi connectivity index (χ0n) is 14.9. The van der Waals surface area contributed by atoms with Crippen LogP contribution in [0.5, 0.6) is 23.0 Å². The molecule has 1 heterocycles. The zero-order chi connectivity index (χ0) is 18.7. The molecule has 0 atom stereocenters. The number of hydrogen-bond acceptors (Lipinski definition) is 6. The highest BCUT2D eigenvalue weighted by Gasteiger charge is 2.28. The van der Waals surface area contributed by atoms with E-state index in [2.05, 4.69) is 0 Å². The van der Waals surface area contributed by atoms with Crippen molar-refractivity contribution in [2.24, 2.45) is 0 Å². The van der Waals surface area contributed by atoms with Crippen LogP contribution >= 0.6 is 0 Å². The molecule has 0 spiro atoms. The van der Waals surface area contributed by atoms with Gasteiger partial charge >= 0.3 is 0 Å². The maximum absolute atomic E-state index is 13.2. The normalized spacial score (nSPS) is 13.2. The summed E-state index contributed by atoms with van der Waals surface area (Å²) < 4.78 is 49.2. The summed E-state index contributed by atoms with van der Waals surface area (Å²) in [6, 6.07) is 9.62. The molecule has 0 amide bonds. The van der Waals surface area contributed by atoms with E-state index in [0.29, 0.717) is 41.9 Å². The summed E-state index contributed by atoms with van der Waals surface area (Å²) in [6.45, 7) is 2.84. The average molecular weight is 379 g/mol. The van der Waals surface area contributed by atoms with E-state index >= 15 is 0 Å². The summed E-state index contributed by atoms with van der Waals surface area (Å²) in [4.78, 5) is 0.126. The van der Waals surface area contributed by atoms with Crippen LogP contribution in [0, 0.1) is 0 Å². The number of benzene rings is 2. The van der Waals surface area contributed by atoms with Gasteiger partial charge in [-0.2, -0.15) is 0 Å². The standard InChI is InChI=1S/C18H21NO6S/c1-4-19(15-7-5-13(22-2)11-17(15)23-3)26(20,21)14-6-8-16-18(12-14)25-10-9-24-16/h5-8,11-12H,4,9-10H2,1-3H3. The molecule has 0 aromatic heterocycles. The van der Waals surface area contributed by atoms with Crippen LogP contribution in [0.25, 0.3) is 0 Å². The van der Waals surface area contributed by atoms with Gasteiger partial charge in [0.15, 0.2) is 11.5 Å². The number of rotatable bonds is 6. The Kier molecular flexibility index (Phi) is 5.13. The molecule has 26 heavy (non-hydrogen) atoms. The third-order valence-electron chi connectivity index (χ3n) is 4.04. The van der Waals surface area contributed by atoms with Gasteiger partial charge in [0, 0.05) is 18.7 Å². The molecule has 0 aliphatic carbocycles. The minimum Gasteiger partial charge on any atom is -0.497 e. The Labute approximate surface area is 153 Å². The molecule has 0 bridgehead atoms. The molecular formula is C18H21NO6S. The second-order valence-corrected chi connectivity index (χ2v) is 7.38. The van der Waals surface area contributed by atoms with E-state index < -0.39 is 10.0 Å². The maximum atomic E-state index is 13.2. The van der Waals surface area contributed by atoms with Crippen LogP contribution in [0.3, 0.4) is 0 Å².